The maximum Gasteiger partial charge on any atom is 0.515 e. The monoisotopic (exact) mass is 1690 g/mol. The molecule has 1 aliphatic rings. The maximum absolute atomic E-state index is 13.9. The van der Waals surface area contributed by atoms with Crippen LogP contribution in [0.2, 0.25) is 0 Å². The minimum absolute atomic E-state index is 0.00732. The number of anilines is 3. The van der Waals surface area contributed by atoms with E-state index in [1.807, 2.05) is 6.92 Å². The van der Waals surface area contributed by atoms with Crippen LogP contribution in [0.15, 0.2) is 143 Å². The summed E-state index contributed by atoms with van der Waals surface area (Å²) >= 11 is 0. The first-order chi connectivity index (χ1) is 56.1. The number of rotatable bonds is 36. The summed E-state index contributed by atoms with van der Waals surface area (Å²) in [6.45, 7) is 4.31. The number of nitrogen functional groups attached to an aromatic ring is 3. The summed E-state index contributed by atoms with van der Waals surface area (Å²) in [5.74, 6) is -1.03. The van der Waals surface area contributed by atoms with Crippen molar-refractivity contribution < 1.29 is 111 Å². The first-order valence-electron chi connectivity index (χ1n) is 35.5. The number of nitrogens with zero attached hydrogens (tertiary/aromatic N) is 9. The van der Waals surface area contributed by atoms with Crippen LogP contribution in [-0.2, 0) is 113 Å². The fourth-order valence-electron chi connectivity index (χ4n) is 10.4. The molecule has 39 nitrogen and oxygen atoms in total. The van der Waals surface area contributed by atoms with Gasteiger partial charge in [0.25, 0.3) is 16.7 Å². The van der Waals surface area contributed by atoms with Crippen molar-refractivity contribution in [3.05, 3.63) is 216 Å². The van der Waals surface area contributed by atoms with E-state index in [1.165, 1.54) is 46.3 Å². The molecule has 624 valence electrons. The molecule has 0 aliphatic heterocycles. The van der Waals surface area contributed by atoms with Crippen LogP contribution in [0.5, 0.6) is 11.5 Å². The van der Waals surface area contributed by atoms with Crippen molar-refractivity contribution in [1.82, 2.24) is 58.6 Å². The third-order valence-electron chi connectivity index (χ3n) is 16.7. The summed E-state index contributed by atoms with van der Waals surface area (Å²) in [5, 5.41) is 0. The second kappa shape index (κ2) is 41.9. The molecule has 3 atom stereocenters. The highest BCUT2D eigenvalue weighted by molar-refractivity contribution is 7.54. The van der Waals surface area contributed by atoms with E-state index in [4.69, 9.17) is 87.0 Å². The molecule has 9 N–H and O–H groups in total. The number of aromatic nitrogens is 12. The van der Waals surface area contributed by atoms with Crippen LogP contribution in [0.25, 0.3) is 33.5 Å². The van der Waals surface area contributed by atoms with Gasteiger partial charge in [0.15, 0.2) is 33.5 Å². The molecular formula is C72H81F3N15O24P3. The molecule has 5 aromatic carbocycles. The molecule has 0 bridgehead atoms. The van der Waals surface area contributed by atoms with Gasteiger partial charge in [-0.3, -0.25) is 56.6 Å². The van der Waals surface area contributed by atoms with E-state index < -0.39 is 115 Å². The SMILES string of the molecule is Cc1ccc(COP(=O)(COCCn2cnc3c(=O)[nH]c(N)nc32)OCOC(=O)OC2CCCC2)cc1F.Cc1ccc(COP(=O)(COCCn2cnc3c(=O)[nH]c(N)nc32)OCOC(=O)Oc2ccccc2)cc1F.Cc1ccc(OC(=O)OCOP(=O)(COCCn2cnc3c(=O)[nH]c(N)nc32)OCc2ccc(C)c(F)c2)cc1. The van der Waals surface area contributed by atoms with Gasteiger partial charge in [-0.25, -0.2) is 42.5 Å². The number of aryl methyl sites for hydroxylation is 4. The molecule has 1 saturated carbocycles. The number of carbonyl (C=O) groups excluding carboxylic acids is 3. The number of nitrogens with two attached hydrogens (primary N) is 3. The van der Waals surface area contributed by atoms with Crippen molar-refractivity contribution in [2.75, 3.05) is 76.4 Å². The highest BCUT2D eigenvalue weighted by Gasteiger charge is 2.31. The number of nitrogens with one attached hydrogen (secondary N) is 3. The van der Waals surface area contributed by atoms with Gasteiger partial charge in [0, 0.05) is 19.6 Å². The number of hydrogen-bond donors (Lipinski definition) is 6. The van der Waals surface area contributed by atoms with Crippen LogP contribution in [0.3, 0.4) is 0 Å². The predicted molar refractivity (Wildman–Crippen MR) is 410 cm³/mol. The molecule has 6 heterocycles. The molecule has 45 heteroatoms. The van der Waals surface area contributed by atoms with E-state index in [0.717, 1.165) is 31.2 Å². The number of hydrogen-bond acceptors (Lipinski definition) is 33. The highest BCUT2D eigenvalue weighted by atomic mass is 31.2. The van der Waals surface area contributed by atoms with Gasteiger partial charge in [0.05, 0.1) is 58.6 Å². The van der Waals surface area contributed by atoms with Crippen LogP contribution < -0.4 is 43.4 Å². The van der Waals surface area contributed by atoms with Crippen molar-refractivity contribution in [3.63, 3.8) is 0 Å². The number of H-pyrrole nitrogens is 3. The van der Waals surface area contributed by atoms with Gasteiger partial charge < -0.3 is 87.1 Å². The lowest BCUT2D eigenvalue weighted by Gasteiger charge is -2.19. The van der Waals surface area contributed by atoms with Crippen LogP contribution >= 0.6 is 22.8 Å². The minimum Gasteiger partial charge on any atom is -0.431 e. The zero-order chi connectivity index (χ0) is 83.7. The van der Waals surface area contributed by atoms with Crippen LogP contribution in [-0.4, -0.2) is 142 Å². The molecule has 117 heavy (non-hydrogen) atoms. The smallest absolute Gasteiger partial charge is 0.431 e. The summed E-state index contributed by atoms with van der Waals surface area (Å²) in [4.78, 5) is 103. The normalized spacial score (nSPS) is 13.7. The van der Waals surface area contributed by atoms with Gasteiger partial charge in [0.2, 0.25) is 38.2 Å². The molecule has 3 unspecified atom stereocenters. The Morgan fingerprint density at radius 1 is 0.453 bits per heavy atom. The lowest BCUT2D eigenvalue weighted by Crippen LogP contribution is -2.17. The summed E-state index contributed by atoms with van der Waals surface area (Å²) in [5.41, 5.74) is 20.0. The largest absolute Gasteiger partial charge is 0.515 e. The van der Waals surface area contributed by atoms with Gasteiger partial charge in [-0.2, -0.15) is 15.0 Å². The summed E-state index contributed by atoms with van der Waals surface area (Å²) in [7, 11) is -12.0. The summed E-state index contributed by atoms with van der Waals surface area (Å²) in [6.07, 6.45) is 2.82. The minimum atomic E-state index is -4.02. The molecular weight excluding hydrogens is 1610 g/mol. The number of para-hydroxylation sites is 1. The number of halogens is 3. The first kappa shape index (κ1) is 87.9. The summed E-state index contributed by atoms with van der Waals surface area (Å²) < 4.78 is 165. The average molecular weight is 1690 g/mol. The lowest BCUT2D eigenvalue weighted by molar-refractivity contribution is -0.0212. The molecule has 12 rings (SSSR count). The molecule has 0 radical (unpaired) electrons. The average Bonchev–Trinajstić information content (AvgIpc) is 1.67. The Labute approximate surface area is 662 Å². The maximum atomic E-state index is 13.9. The third-order valence-corrected chi connectivity index (χ3v) is 21.2. The second-order valence-electron chi connectivity index (χ2n) is 25.5. The predicted octanol–water partition coefficient (Wildman–Crippen LogP) is 11.4. The van der Waals surface area contributed by atoms with Gasteiger partial charge in [-0.15, -0.1) is 0 Å². The fraction of sp³-hybridized carbons (Fsp3) is 0.333. The van der Waals surface area contributed by atoms with Crippen molar-refractivity contribution in [2.24, 2.45) is 0 Å². The first-order valence-corrected chi connectivity index (χ1v) is 40.6. The molecule has 11 aromatic rings. The number of ether oxygens (including phenoxy) is 9. The van der Waals surface area contributed by atoms with E-state index in [1.54, 1.807) is 116 Å². The zero-order valence-electron chi connectivity index (χ0n) is 63.2. The Balaban J connectivity index is 0.000000185. The standard InChI is InChI=1S/C25H27FN5O8P.C24H25FN5O8P.C23H29FN5O8P/c1-16-3-7-19(8-4-16)39-25(33)36-14-38-40(34,37-12-18-6-5-17(2)20(26)11-18)15-35-10-9-31-13-28-21-22(31)29-24(27)30-23(21)32;1-16-7-8-17(11-19(16)25)12-36-39(33,37-14-35-24(32)38-18-5-3-2-4-6-18)15-34-10-9-30-13-27-20-21(30)28-23(26)29-22(20)31;1-15-6-7-16(10-18(15)24)11-35-38(32,36-13-34-23(31)37-17-4-2-3-5-17)14-33-9-8-29-12-26-19-20(29)27-22(25)28-21(19)30/h3-8,11,13H,9-10,12,14-15H2,1-2H3,(H3,27,29,30,32);2-8,11,13H,9-10,12,14-15H2,1H3,(H3,26,28,29,31);6-7,10,12,17H,2-5,8-9,11,13-14H2,1H3,(H3,25,27,28,30). The van der Waals surface area contributed by atoms with E-state index in [9.17, 15) is 55.6 Å². The van der Waals surface area contributed by atoms with Gasteiger partial charge in [-0.1, -0.05) is 72.3 Å². The van der Waals surface area contributed by atoms with Crippen molar-refractivity contribution in [2.45, 2.75) is 98.9 Å². The number of benzene rings is 5. The van der Waals surface area contributed by atoms with Crippen molar-refractivity contribution in [1.29, 1.82) is 0 Å². The third kappa shape index (κ3) is 26.8. The lowest BCUT2D eigenvalue weighted by atomic mass is 10.1. The molecule has 1 aliphatic carbocycles. The molecule has 0 saturated heterocycles. The molecule has 1 fully saturated rings. The Morgan fingerprint density at radius 3 is 1.13 bits per heavy atom. The van der Waals surface area contributed by atoms with Crippen molar-refractivity contribution in [3.8, 4) is 11.5 Å². The Kier molecular flexibility index (Phi) is 31.4. The van der Waals surface area contributed by atoms with Gasteiger partial charge in [0.1, 0.15) is 54.1 Å². The number of imidazole rings is 3. The van der Waals surface area contributed by atoms with E-state index in [0.29, 0.717) is 33.4 Å². The quantitative estimate of drug-likeness (QED) is 0.00530. The number of fused-ring (bicyclic) bond motifs is 3. The fourth-order valence-corrected chi connectivity index (χ4v) is 13.8. The Hall–Kier alpha value is -11.5. The van der Waals surface area contributed by atoms with Crippen LogP contribution in [0.4, 0.5) is 45.4 Å². The molecule has 0 amide bonds. The van der Waals surface area contributed by atoms with E-state index in [-0.39, 0.29) is 128 Å². The highest BCUT2D eigenvalue weighted by Crippen LogP contribution is 2.51. The molecule has 0 spiro atoms. The van der Waals surface area contributed by atoms with E-state index >= 15 is 0 Å². The zero-order valence-corrected chi connectivity index (χ0v) is 65.9. The number of aromatic amines is 3. The molecule has 6 aromatic heterocycles. The number of carbonyl (C=O) groups is 3. The van der Waals surface area contributed by atoms with Gasteiger partial charge >= 0.3 is 41.3 Å². The Bertz CT molecular complexity index is 5580. The van der Waals surface area contributed by atoms with Crippen LogP contribution in [0.1, 0.15) is 64.6 Å². The van der Waals surface area contributed by atoms with Gasteiger partial charge in [-0.05, 0) is 129 Å². The Morgan fingerprint density at radius 2 is 0.786 bits per heavy atom. The van der Waals surface area contributed by atoms with Crippen LogP contribution in [0, 0.1) is 45.1 Å². The van der Waals surface area contributed by atoms with Crippen molar-refractivity contribution >= 4 is 92.6 Å². The topological polar surface area (TPSA) is 510 Å². The second-order valence-corrected chi connectivity index (χ2v) is 31.5. The van der Waals surface area contributed by atoms with E-state index in [2.05, 4.69) is 44.9 Å². The summed E-state index contributed by atoms with van der Waals surface area (Å²) in [6, 6.07) is 28.2.